The van der Waals surface area contributed by atoms with E-state index in [1.54, 1.807) is 56.9 Å². The van der Waals surface area contributed by atoms with Crippen molar-refractivity contribution in [2.75, 3.05) is 14.2 Å². The predicted molar refractivity (Wildman–Crippen MR) is 168 cm³/mol. The fourth-order valence-corrected chi connectivity index (χ4v) is 5.18. The van der Waals surface area contributed by atoms with Gasteiger partial charge in [-0.25, -0.2) is 4.98 Å². The second-order valence-corrected chi connectivity index (χ2v) is 10.3. The molecule has 220 valence electrons. The molecule has 2 amide bonds. The molecule has 9 nitrogen and oxygen atoms in total. The van der Waals surface area contributed by atoms with Gasteiger partial charge in [-0.3, -0.25) is 9.59 Å². The zero-order valence-electron chi connectivity index (χ0n) is 23.4. The van der Waals surface area contributed by atoms with Crippen LogP contribution in [-0.2, 0) is 22.5 Å². The van der Waals surface area contributed by atoms with E-state index in [0.717, 1.165) is 16.8 Å². The van der Waals surface area contributed by atoms with E-state index in [4.69, 9.17) is 32.7 Å². The lowest BCUT2D eigenvalue weighted by Crippen LogP contribution is -2.23. The van der Waals surface area contributed by atoms with Crippen molar-refractivity contribution in [2.24, 2.45) is 0 Å². The summed E-state index contributed by atoms with van der Waals surface area (Å²) in [6.07, 6.45) is 6.22. The molecule has 0 fully saturated rings. The number of amides is 2. The predicted octanol–water partition coefficient (Wildman–Crippen LogP) is 5.94. The number of halogens is 2. The maximum Gasteiger partial charge on any atom is 0.251 e. The van der Waals surface area contributed by atoms with Gasteiger partial charge in [0.15, 0.2) is 5.75 Å². The van der Waals surface area contributed by atoms with E-state index in [9.17, 15) is 9.59 Å². The van der Waals surface area contributed by atoms with E-state index in [1.807, 2.05) is 47.2 Å². The van der Waals surface area contributed by atoms with Crippen LogP contribution in [0.4, 0.5) is 0 Å². The normalized spacial score (nSPS) is 12.0. The highest BCUT2D eigenvalue weighted by molar-refractivity contribution is 6.37. The van der Waals surface area contributed by atoms with Gasteiger partial charge in [0.1, 0.15) is 5.52 Å². The van der Waals surface area contributed by atoms with Crippen molar-refractivity contribution in [3.8, 4) is 11.4 Å². The minimum Gasteiger partial charge on any atom is -0.462 e. The van der Waals surface area contributed by atoms with Crippen LogP contribution < -0.4 is 15.4 Å². The molecular weight excluding hydrogens is 589 g/mol. The Morgan fingerprint density at radius 3 is 2.65 bits per heavy atom. The van der Waals surface area contributed by atoms with E-state index in [0.29, 0.717) is 38.1 Å². The number of hydrogen-bond donors (Lipinski definition) is 3. The lowest BCUT2D eigenvalue weighted by molar-refractivity contribution is -0.116. The van der Waals surface area contributed by atoms with Gasteiger partial charge < -0.3 is 29.7 Å². The van der Waals surface area contributed by atoms with Gasteiger partial charge in [-0.05, 0) is 65.7 Å². The van der Waals surface area contributed by atoms with Gasteiger partial charge >= 0.3 is 0 Å². The Labute approximate surface area is 258 Å². The Balaban J connectivity index is 1.27. The first kappa shape index (κ1) is 29.9. The van der Waals surface area contributed by atoms with Crippen LogP contribution in [0.25, 0.3) is 22.8 Å². The Kier molecular flexibility index (Phi) is 9.46. The quantitative estimate of drug-likeness (QED) is 0.125. The van der Waals surface area contributed by atoms with E-state index >= 15 is 0 Å². The summed E-state index contributed by atoms with van der Waals surface area (Å²) in [4.78, 5) is 31.7. The molecule has 0 aliphatic rings. The summed E-state index contributed by atoms with van der Waals surface area (Å²) < 4.78 is 13.7. The summed E-state index contributed by atoms with van der Waals surface area (Å²) in [6, 6.07) is 19.9. The molecule has 43 heavy (non-hydrogen) atoms. The highest BCUT2D eigenvalue weighted by Crippen LogP contribution is 2.34. The van der Waals surface area contributed by atoms with Gasteiger partial charge in [-0.2, -0.15) is 0 Å². The standard InChI is InChI=1S/C32H29Cl2N5O4/c1-35-32(41)21-11-8-20(9-12-21)10-15-28(40)36-18-22-5-4-16-39(22)26-14-13-24(33)23(30(26)34)17-29(42-2)43-27-7-3-6-25-31(27)38-19-37-25/h3-16,19,29H,17-18H2,1-2H3,(H,35,41)(H,36,40)(H,37,38). The first-order valence-corrected chi connectivity index (χ1v) is 14.2. The topological polar surface area (TPSA) is 110 Å². The fraction of sp³-hybridized carbons (Fsp3) is 0.156. The summed E-state index contributed by atoms with van der Waals surface area (Å²) in [5, 5.41) is 6.40. The fourth-order valence-electron chi connectivity index (χ4n) is 4.57. The Hall–Kier alpha value is -4.57. The molecule has 0 bridgehead atoms. The summed E-state index contributed by atoms with van der Waals surface area (Å²) in [7, 11) is 3.14. The number of rotatable bonds is 11. The summed E-state index contributed by atoms with van der Waals surface area (Å²) in [6.45, 7) is 0.261. The zero-order valence-corrected chi connectivity index (χ0v) is 24.9. The number of aromatic amines is 1. The molecular formula is C32H29Cl2N5O4. The Bertz CT molecular complexity index is 1780. The molecule has 0 aliphatic carbocycles. The smallest absolute Gasteiger partial charge is 0.251 e. The number of fused-ring (bicyclic) bond motifs is 1. The van der Waals surface area contributed by atoms with Crippen LogP contribution in [0.5, 0.6) is 5.75 Å². The number of benzene rings is 3. The lowest BCUT2D eigenvalue weighted by atomic mass is 10.1. The van der Waals surface area contributed by atoms with Crippen LogP contribution in [0.15, 0.2) is 85.3 Å². The highest BCUT2D eigenvalue weighted by atomic mass is 35.5. The third-order valence-corrected chi connectivity index (χ3v) is 7.61. The molecule has 0 saturated heterocycles. The summed E-state index contributed by atoms with van der Waals surface area (Å²) >= 11 is 13.5. The van der Waals surface area contributed by atoms with Crippen molar-refractivity contribution < 1.29 is 19.1 Å². The zero-order chi connectivity index (χ0) is 30.3. The second-order valence-electron chi connectivity index (χ2n) is 9.52. The molecule has 5 rings (SSSR count). The molecule has 3 aromatic carbocycles. The van der Waals surface area contributed by atoms with Gasteiger partial charge in [0.05, 0.1) is 29.1 Å². The van der Waals surface area contributed by atoms with Gasteiger partial charge in [-0.1, -0.05) is 41.4 Å². The second kappa shape index (κ2) is 13.6. The van der Waals surface area contributed by atoms with Crippen LogP contribution in [-0.4, -0.2) is 46.8 Å². The molecule has 11 heteroatoms. The molecule has 0 radical (unpaired) electrons. The number of ether oxygens (including phenoxy) is 2. The number of para-hydroxylation sites is 1. The minimum absolute atomic E-state index is 0.168. The van der Waals surface area contributed by atoms with Crippen LogP contribution >= 0.6 is 23.2 Å². The molecule has 0 spiro atoms. The number of hydrogen-bond acceptors (Lipinski definition) is 5. The van der Waals surface area contributed by atoms with E-state index in [-0.39, 0.29) is 24.8 Å². The molecule has 2 heterocycles. The largest absolute Gasteiger partial charge is 0.462 e. The van der Waals surface area contributed by atoms with Crippen molar-refractivity contribution in [3.05, 3.63) is 118 Å². The average Bonchev–Trinajstić information content (AvgIpc) is 3.70. The van der Waals surface area contributed by atoms with Crippen LogP contribution in [0.1, 0.15) is 27.2 Å². The number of H-pyrrole nitrogens is 1. The number of aromatic nitrogens is 3. The maximum absolute atomic E-state index is 12.6. The number of nitrogens with one attached hydrogen (secondary N) is 3. The maximum atomic E-state index is 12.6. The minimum atomic E-state index is -0.678. The van der Waals surface area contributed by atoms with E-state index < -0.39 is 6.29 Å². The molecule has 2 aromatic heterocycles. The number of carbonyl (C=O) groups excluding carboxylic acids is 2. The molecule has 3 N–H and O–H groups in total. The summed E-state index contributed by atoms with van der Waals surface area (Å²) in [5.41, 5.74) is 5.07. The third-order valence-electron chi connectivity index (χ3n) is 6.83. The molecule has 0 saturated carbocycles. The van der Waals surface area contributed by atoms with Crippen molar-refractivity contribution in [3.63, 3.8) is 0 Å². The van der Waals surface area contributed by atoms with Crippen LogP contribution in [0, 0.1) is 0 Å². The Morgan fingerprint density at radius 1 is 1.07 bits per heavy atom. The van der Waals surface area contributed by atoms with Crippen molar-refractivity contribution in [1.82, 2.24) is 25.2 Å². The molecule has 1 unspecified atom stereocenters. The number of nitrogens with zero attached hydrogens (tertiary/aromatic N) is 2. The summed E-state index contributed by atoms with van der Waals surface area (Å²) in [5.74, 6) is 0.143. The SMILES string of the molecule is CNC(=O)c1ccc(C=CC(=O)NCc2cccn2-c2ccc(Cl)c(CC(OC)Oc3cccc4[nH]cnc34)c2Cl)cc1. The number of methoxy groups -OCH3 is 1. The van der Waals surface area contributed by atoms with Gasteiger partial charge in [-0.15, -0.1) is 0 Å². The van der Waals surface area contributed by atoms with Crippen molar-refractivity contribution >= 4 is 52.1 Å². The van der Waals surface area contributed by atoms with Gasteiger partial charge in [0.2, 0.25) is 12.2 Å². The van der Waals surface area contributed by atoms with E-state index in [1.165, 1.54) is 6.08 Å². The Morgan fingerprint density at radius 2 is 1.88 bits per heavy atom. The van der Waals surface area contributed by atoms with Crippen molar-refractivity contribution in [1.29, 1.82) is 0 Å². The number of carbonyl (C=O) groups is 2. The average molecular weight is 619 g/mol. The highest BCUT2D eigenvalue weighted by Gasteiger charge is 2.20. The van der Waals surface area contributed by atoms with Gasteiger partial charge in [0.25, 0.3) is 5.91 Å². The van der Waals surface area contributed by atoms with Crippen LogP contribution in [0.3, 0.4) is 0 Å². The molecule has 0 aliphatic heterocycles. The number of imidazole rings is 1. The third kappa shape index (κ3) is 6.91. The van der Waals surface area contributed by atoms with Crippen LogP contribution in [0.2, 0.25) is 10.0 Å². The van der Waals surface area contributed by atoms with Gasteiger partial charge in [0, 0.05) is 49.1 Å². The first-order chi connectivity index (χ1) is 20.9. The first-order valence-electron chi connectivity index (χ1n) is 13.4. The monoisotopic (exact) mass is 617 g/mol. The molecule has 1 atom stereocenters. The lowest BCUT2D eigenvalue weighted by Gasteiger charge is -2.21. The molecule has 5 aromatic rings. The van der Waals surface area contributed by atoms with E-state index in [2.05, 4.69) is 20.6 Å². The van der Waals surface area contributed by atoms with Crippen molar-refractivity contribution in [2.45, 2.75) is 19.3 Å².